The lowest BCUT2D eigenvalue weighted by Crippen LogP contribution is -2.38. The van der Waals surface area contributed by atoms with Crippen LogP contribution >= 0.6 is 0 Å². The molecule has 0 saturated heterocycles. The highest BCUT2D eigenvalue weighted by Crippen LogP contribution is 2.64. The van der Waals surface area contributed by atoms with Gasteiger partial charge in [-0.3, -0.25) is 4.79 Å². The summed E-state index contributed by atoms with van der Waals surface area (Å²) in [6.07, 6.45) is 2.58. The van der Waals surface area contributed by atoms with Crippen LogP contribution in [0.15, 0.2) is 18.2 Å². The van der Waals surface area contributed by atoms with Crippen molar-refractivity contribution in [3.8, 4) is 0 Å². The summed E-state index contributed by atoms with van der Waals surface area (Å²) in [6.45, 7) is 4.18. The smallest absolute Gasteiger partial charge is 0.163 e. The number of fused-ring (bicyclic) bond motifs is 2. The molecular formula is C14H15FO. The highest BCUT2D eigenvalue weighted by atomic mass is 19.1. The first kappa shape index (κ1) is 10.0. The van der Waals surface area contributed by atoms with Crippen molar-refractivity contribution in [2.75, 3.05) is 0 Å². The third kappa shape index (κ3) is 1.02. The topological polar surface area (TPSA) is 17.1 Å². The average molecular weight is 218 g/mol. The minimum atomic E-state index is -0.198. The van der Waals surface area contributed by atoms with E-state index in [-0.39, 0.29) is 22.4 Å². The quantitative estimate of drug-likeness (QED) is 0.651. The van der Waals surface area contributed by atoms with Gasteiger partial charge in [-0.1, -0.05) is 26.0 Å². The maximum atomic E-state index is 14.0. The van der Waals surface area contributed by atoms with Crippen LogP contribution in [0.5, 0.6) is 0 Å². The first-order valence-electron chi connectivity index (χ1n) is 5.80. The van der Waals surface area contributed by atoms with E-state index in [2.05, 4.69) is 13.8 Å². The zero-order valence-electron chi connectivity index (χ0n) is 9.64. The minimum Gasteiger partial charge on any atom is -0.294 e. The van der Waals surface area contributed by atoms with E-state index in [1.54, 1.807) is 12.1 Å². The van der Waals surface area contributed by atoms with Crippen LogP contribution in [-0.2, 0) is 5.41 Å². The second-order valence-corrected chi connectivity index (χ2v) is 5.73. The van der Waals surface area contributed by atoms with Crippen LogP contribution in [0.3, 0.4) is 0 Å². The fourth-order valence-electron chi connectivity index (χ4n) is 3.30. The Morgan fingerprint density at radius 3 is 2.56 bits per heavy atom. The SMILES string of the molecule is CC1(C)CC(=O)c2cccc(F)c2C12CC2. The van der Waals surface area contributed by atoms with Crippen molar-refractivity contribution in [1.29, 1.82) is 0 Å². The molecule has 0 heterocycles. The van der Waals surface area contributed by atoms with Gasteiger partial charge in [0.15, 0.2) is 5.78 Å². The molecular weight excluding hydrogens is 203 g/mol. The van der Waals surface area contributed by atoms with Crippen LogP contribution in [0.2, 0.25) is 0 Å². The molecule has 0 bridgehead atoms. The lowest BCUT2D eigenvalue weighted by atomic mass is 9.63. The Balaban J connectivity index is 2.30. The molecule has 0 unspecified atom stereocenters. The standard InChI is InChI=1S/C14H15FO/c1-13(2)8-11(16)9-4-3-5-10(15)12(9)14(13)6-7-14/h3-5H,6-8H2,1-2H3. The Kier molecular flexibility index (Phi) is 1.71. The molecule has 1 saturated carbocycles. The minimum absolute atomic E-state index is 0.0679. The average Bonchev–Trinajstić information content (AvgIpc) is 2.96. The highest BCUT2D eigenvalue weighted by molar-refractivity contribution is 6.00. The molecule has 84 valence electrons. The number of hydrogen-bond acceptors (Lipinski definition) is 1. The zero-order valence-corrected chi connectivity index (χ0v) is 9.64. The number of Topliss-reactive ketones (excluding diaryl/α,β-unsaturated/α-hetero) is 1. The normalized spacial score (nSPS) is 24.3. The number of halogens is 1. The number of rotatable bonds is 0. The van der Waals surface area contributed by atoms with Crippen molar-refractivity contribution in [2.45, 2.75) is 38.5 Å². The van der Waals surface area contributed by atoms with Crippen LogP contribution in [-0.4, -0.2) is 5.78 Å². The molecule has 3 rings (SSSR count). The molecule has 0 aromatic heterocycles. The van der Waals surface area contributed by atoms with Crippen LogP contribution in [0, 0.1) is 11.2 Å². The summed E-state index contributed by atoms with van der Waals surface area (Å²) >= 11 is 0. The molecule has 1 aromatic carbocycles. The van der Waals surface area contributed by atoms with Crippen molar-refractivity contribution in [1.82, 2.24) is 0 Å². The molecule has 2 aliphatic carbocycles. The molecule has 0 atom stereocenters. The van der Waals surface area contributed by atoms with Gasteiger partial charge in [-0.15, -0.1) is 0 Å². The summed E-state index contributed by atoms with van der Waals surface area (Å²) in [6, 6.07) is 4.89. The van der Waals surface area contributed by atoms with Gasteiger partial charge < -0.3 is 0 Å². The number of benzene rings is 1. The van der Waals surface area contributed by atoms with Gasteiger partial charge in [-0.2, -0.15) is 0 Å². The van der Waals surface area contributed by atoms with Gasteiger partial charge in [0.2, 0.25) is 0 Å². The monoisotopic (exact) mass is 218 g/mol. The van der Waals surface area contributed by atoms with Crippen LogP contribution < -0.4 is 0 Å². The number of ketones is 1. The summed E-state index contributed by atoms with van der Waals surface area (Å²) in [5.74, 6) is -0.104. The highest BCUT2D eigenvalue weighted by Gasteiger charge is 2.60. The van der Waals surface area contributed by atoms with Crippen LogP contribution in [0.1, 0.15) is 49.0 Å². The van der Waals surface area contributed by atoms with Crippen molar-refractivity contribution in [2.24, 2.45) is 5.41 Å². The van der Waals surface area contributed by atoms with Gasteiger partial charge in [0, 0.05) is 23.0 Å². The van der Waals surface area contributed by atoms with Gasteiger partial charge in [-0.25, -0.2) is 4.39 Å². The van der Waals surface area contributed by atoms with Crippen molar-refractivity contribution >= 4 is 5.78 Å². The Labute approximate surface area is 94.7 Å². The number of hydrogen-bond donors (Lipinski definition) is 0. The van der Waals surface area contributed by atoms with Gasteiger partial charge in [0.25, 0.3) is 0 Å². The lowest BCUT2D eigenvalue weighted by molar-refractivity contribution is 0.0864. The zero-order chi connectivity index (χ0) is 11.6. The molecule has 1 spiro atoms. The number of carbonyl (C=O) groups excluding carboxylic acids is 1. The maximum Gasteiger partial charge on any atom is 0.163 e. The van der Waals surface area contributed by atoms with Crippen molar-refractivity contribution in [3.63, 3.8) is 0 Å². The molecule has 16 heavy (non-hydrogen) atoms. The third-order valence-electron chi connectivity index (χ3n) is 4.44. The number of carbonyl (C=O) groups is 1. The molecule has 1 nitrogen and oxygen atoms in total. The molecule has 2 aliphatic rings. The van der Waals surface area contributed by atoms with E-state index in [1.165, 1.54) is 6.07 Å². The van der Waals surface area contributed by atoms with Crippen molar-refractivity contribution in [3.05, 3.63) is 35.1 Å². The van der Waals surface area contributed by atoms with E-state index < -0.39 is 0 Å². The molecule has 2 heteroatoms. The van der Waals surface area contributed by atoms with E-state index in [0.29, 0.717) is 17.5 Å². The Morgan fingerprint density at radius 2 is 1.94 bits per heavy atom. The predicted octanol–water partition coefficient (Wildman–Crippen LogP) is 3.47. The van der Waals surface area contributed by atoms with Crippen molar-refractivity contribution < 1.29 is 9.18 Å². The molecule has 0 radical (unpaired) electrons. The van der Waals surface area contributed by atoms with Gasteiger partial charge in [0.1, 0.15) is 5.82 Å². The largest absolute Gasteiger partial charge is 0.294 e. The van der Waals surface area contributed by atoms with E-state index in [9.17, 15) is 9.18 Å². The Morgan fingerprint density at radius 1 is 1.25 bits per heavy atom. The molecule has 0 N–H and O–H groups in total. The predicted molar refractivity (Wildman–Crippen MR) is 60.0 cm³/mol. The summed E-state index contributed by atoms with van der Waals surface area (Å²) in [5, 5.41) is 0. The Bertz CT molecular complexity index is 484. The molecule has 0 aliphatic heterocycles. The summed E-state index contributed by atoms with van der Waals surface area (Å²) < 4.78 is 14.0. The van der Waals surface area contributed by atoms with E-state index in [1.807, 2.05) is 0 Å². The van der Waals surface area contributed by atoms with Crippen LogP contribution in [0.25, 0.3) is 0 Å². The second kappa shape index (κ2) is 2.73. The first-order chi connectivity index (χ1) is 7.48. The molecule has 0 amide bonds. The summed E-state index contributed by atoms with van der Waals surface area (Å²) in [5.41, 5.74) is 1.15. The maximum absolute atomic E-state index is 14.0. The fourth-order valence-corrected chi connectivity index (χ4v) is 3.30. The first-order valence-corrected chi connectivity index (χ1v) is 5.80. The second-order valence-electron chi connectivity index (χ2n) is 5.73. The lowest BCUT2D eigenvalue weighted by Gasteiger charge is -2.40. The third-order valence-corrected chi connectivity index (χ3v) is 4.44. The van der Waals surface area contributed by atoms with Crippen LogP contribution in [0.4, 0.5) is 4.39 Å². The fraction of sp³-hybridized carbons (Fsp3) is 0.500. The Hall–Kier alpha value is -1.18. The van der Waals surface area contributed by atoms with E-state index in [4.69, 9.17) is 0 Å². The molecule has 1 aromatic rings. The van der Waals surface area contributed by atoms with Gasteiger partial charge in [-0.05, 0) is 24.3 Å². The molecule has 1 fully saturated rings. The van der Waals surface area contributed by atoms with E-state index >= 15 is 0 Å². The summed E-state index contributed by atoms with van der Waals surface area (Å²) in [7, 11) is 0. The van der Waals surface area contributed by atoms with Gasteiger partial charge >= 0.3 is 0 Å². The van der Waals surface area contributed by atoms with Gasteiger partial charge in [0.05, 0.1) is 0 Å². The van der Waals surface area contributed by atoms with E-state index in [0.717, 1.165) is 12.8 Å². The summed E-state index contributed by atoms with van der Waals surface area (Å²) in [4.78, 5) is 12.0.